The first-order valence-corrected chi connectivity index (χ1v) is 6.80. The summed E-state index contributed by atoms with van der Waals surface area (Å²) in [6.07, 6.45) is 0.833. The van der Waals surface area contributed by atoms with Crippen LogP contribution in [0.2, 0.25) is 0 Å². The molecule has 0 aromatic heterocycles. The fourth-order valence-electron chi connectivity index (χ4n) is 1.64. The van der Waals surface area contributed by atoms with E-state index in [9.17, 15) is 12.8 Å². The van der Waals surface area contributed by atoms with Crippen molar-refractivity contribution >= 4 is 10.0 Å². The molecule has 0 saturated carbocycles. The molecule has 1 aliphatic heterocycles. The van der Waals surface area contributed by atoms with Gasteiger partial charge in [0.2, 0.25) is 10.0 Å². The zero-order valence-electron chi connectivity index (χ0n) is 9.11. The van der Waals surface area contributed by atoms with Crippen molar-refractivity contribution in [1.29, 1.82) is 0 Å². The lowest BCUT2D eigenvalue weighted by Gasteiger charge is -2.11. The van der Waals surface area contributed by atoms with Crippen LogP contribution in [0.15, 0.2) is 29.2 Å². The maximum atomic E-state index is 13.3. The predicted molar refractivity (Wildman–Crippen MR) is 61.1 cm³/mol. The lowest BCUT2D eigenvalue weighted by Crippen LogP contribution is -2.40. The number of nitrogens with one attached hydrogen (secondary N) is 3. The highest BCUT2D eigenvalue weighted by Crippen LogP contribution is 2.13. The Hall–Kier alpha value is -1.02. The van der Waals surface area contributed by atoms with Gasteiger partial charge in [-0.25, -0.2) is 17.5 Å². The molecule has 0 radical (unpaired) electrons. The summed E-state index contributed by atoms with van der Waals surface area (Å²) in [6, 6.07) is 5.36. The van der Waals surface area contributed by atoms with Crippen molar-refractivity contribution in [2.75, 3.05) is 13.1 Å². The molecule has 0 aliphatic carbocycles. The Balaban J connectivity index is 2.06. The molecule has 1 unspecified atom stereocenters. The highest BCUT2D eigenvalue weighted by molar-refractivity contribution is 7.89. The van der Waals surface area contributed by atoms with E-state index >= 15 is 0 Å². The topological polar surface area (TPSA) is 70.2 Å². The predicted octanol–water partition coefficient (Wildman–Crippen LogP) is -0.0295. The molecule has 1 atom stereocenters. The second-order valence-electron chi connectivity index (χ2n) is 3.84. The third-order valence-electron chi connectivity index (χ3n) is 2.57. The molecule has 1 fully saturated rings. The Morgan fingerprint density at radius 3 is 2.82 bits per heavy atom. The lowest BCUT2D eigenvalue weighted by atomic mass is 10.2. The molecule has 5 nitrogen and oxygen atoms in total. The Morgan fingerprint density at radius 2 is 2.18 bits per heavy atom. The van der Waals surface area contributed by atoms with Crippen molar-refractivity contribution in [3.8, 4) is 0 Å². The van der Waals surface area contributed by atoms with Crippen LogP contribution in [-0.2, 0) is 10.0 Å². The molecular formula is C10H14FN3O2S. The molecule has 1 aromatic rings. The first-order chi connectivity index (χ1) is 8.09. The van der Waals surface area contributed by atoms with Crippen LogP contribution in [0.3, 0.4) is 0 Å². The number of halogens is 1. The number of rotatable bonds is 4. The van der Waals surface area contributed by atoms with E-state index in [4.69, 9.17) is 0 Å². The first-order valence-electron chi connectivity index (χ1n) is 5.32. The van der Waals surface area contributed by atoms with Crippen LogP contribution in [0.1, 0.15) is 6.42 Å². The van der Waals surface area contributed by atoms with Gasteiger partial charge in [0.05, 0.1) is 0 Å². The first kappa shape index (κ1) is 12.4. The van der Waals surface area contributed by atoms with Crippen molar-refractivity contribution in [2.45, 2.75) is 17.4 Å². The van der Waals surface area contributed by atoms with Gasteiger partial charge in [-0.05, 0) is 18.6 Å². The summed E-state index contributed by atoms with van der Waals surface area (Å²) in [7, 11) is -3.77. The van der Waals surface area contributed by atoms with Gasteiger partial charge in [0.1, 0.15) is 10.7 Å². The highest BCUT2D eigenvalue weighted by atomic mass is 32.2. The minimum Gasteiger partial charge on any atom is -0.257 e. The second-order valence-corrected chi connectivity index (χ2v) is 5.57. The van der Waals surface area contributed by atoms with Gasteiger partial charge in [0, 0.05) is 19.1 Å². The highest BCUT2D eigenvalue weighted by Gasteiger charge is 2.21. The van der Waals surface area contributed by atoms with Crippen molar-refractivity contribution in [1.82, 2.24) is 15.6 Å². The SMILES string of the molecule is O=S(=O)(NCC1CCNN1)c1ccccc1F. The lowest BCUT2D eigenvalue weighted by molar-refractivity contribution is 0.523. The van der Waals surface area contributed by atoms with Gasteiger partial charge >= 0.3 is 0 Å². The quantitative estimate of drug-likeness (QED) is 0.710. The molecule has 1 aliphatic rings. The second kappa shape index (κ2) is 5.09. The summed E-state index contributed by atoms with van der Waals surface area (Å²) in [5.41, 5.74) is 5.83. The van der Waals surface area contributed by atoms with E-state index in [-0.39, 0.29) is 17.5 Å². The third-order valence-corrected chi connectivity index (χ3v) is 4.03. The van der Waals surface area contributed by atoms with Crippen LogP contribution in [0, 0.1) is 5.82 Å². The van der Waals surface area contributed by atoms with Crippen molar-refractivity contribution in [2.24, 2.45) is 0 Å². The zero-order valence-corrected chi connectivity index (χ0v) is 9.93. The summed E-state index contributed by atoms with van der Waals surface area (Å²) >= 11 is 0. The Kier molecular flexibility index (Phi) is 3.72. The molecule has 1 heterocycles. The maximum Gasteiger partial charge on any atom is 0.243 e. The van der Waals surface area contributed by atoms with E-state index in [0.717, 1.165) is 19.0 Å². The van der Waals surface area contributed by atoms with Gasteiger partial charge in [-0.3, -0.25) is 10.9 Å². The number of sulfonamides is 1. The van der Waals surface area contributed by atoms with Crippen LogP contribution >= 0.6 is 0 Å². The molecule has 2 rings (SSSR count). The fourth-order valence-corrected chi connectivity index (χ4v) is 2.80. The van der Waals surface area contributed by atoms with Gasteiger partial charge in [-0.2, -0.15) is 0 Å². The minimum absolute atomic E-state index is 0.0385. The average Bonchev–Trinajstić information content (AvgIpc) is 2.80. The molecule has 1 saturated heterocycles. The summed E-state index contributed by atoms with van der Waals surface area (Å²) in [5, 5.41) is 0. The molecule has 0 amide bonds. The van der Waals surface area contributed by atoms with Crippen molar-refractivity contribution in [3.63, 3.8) is 0 Å². The average molecular weight is 259 g/mol. The normalized spacial score (nSPS) is 20.6. The van der Waals surface area contributed by atoms with E-state index in [1.807, 2.05) is 0 Å². The largest absolute Gasteiger partial charge is 0.257 e. The summed E-state index contributed by atoms with van der Waals surface area (Å²) < 4.78 is 39.3. The molecule has 3 N–H and O–H groups in total. The Bertz CT molecular complexity index is 486. The van der Waals surface area contributed by atoms with Crippen molar-refractivity contribution < 1.29 is 12.8 Å². The monoisotopic (exact) mass is 259 g/mol. The van der Waals surface area contributed by atoms with Crippen LogP contribution in [-0.4, -0.2) is 27.5 Å². The number of hydrogen-bond donors (Lipinski definition) is 3. The summed E-state index contributed by atoms with van der Waals surface area (Å²) in [5.74, 6) is -0.738. The van der Waals surface area contributed by atoms with E-state index in [0.29, 0.717) is 0 Å². The van der Waals surface area contributed by atoms with Gasteiger partial charge < -0.3 is 0 Å². The number of hydrazine groups is 1. The van der Waals surface area contributed by atoms with E-state index < -0.39 is 15.8 Å². The standard InChI is InChI=1S/C10H14FN3O2S/c11-9-3-1-2-4-10(9)17(15,16)13-7-8-5-6-12-14-8/h1-4,8,12-14H,5-7H2. The van der Waals surface area contributed by atoms with Crippen LogP contribution in [0.4, 0.5) is 4.39 Å². The Morgan fingerprint density at radius 1 is 1.41 bits per heavy atom. The fraction of sp³-hybridized carbons (Fsp3) is 0.400. The molecule has 0 spiro atoms. The van der Waals surface area contributed by atoms with Crippen LogP contribution in [0.5, 0.6) is 0 Å². The summed E-state index contributed by atoms with van der Waals surface area (Å²) in [6.45, 7) is 1.04. The van der Waals surface area contributed by atoms with Gasteiger partial charge in [-0.1, -0.05) is 12.1 Å². The van der Waals surface area contributed by atoms with E-state index in [1.54, 1.807) is 0 Å². The third kappa shape index (κ3) is 3.01. The van der Waals surface area contributed by atoms with E-state index in [1.165, 1.54) is 18.2 Å². The van der Waals surface area contributed by atoms with Gasteiger partial charge in [0.25, 0.3) is 0 Å². The molecule has 0 bridgehead atoms. The van der Waals surface area contributed by atoms with Gasteiger partial charge in [0.15, 0.2) is 0 Å². The molecule has 17 heavy (non-hydrogen) atoms. The summed E-state index contributed by atoms with van der Waals surface area (Å²) in [4.78, 5) is -0.314. The number of hydrogen-bond acceptors (Lipinski definition) is 4. The van der Waals surface area contributed by atoms with Gasteiger partial charge in [-0.15, -0.1) is 0 Å². The molecule has 7 heteroatoms. The Labute approximate surface area is 99.4 Å². The molecular weight excluding hydrogens is 245 g/mol. The zero-order chi connectivity index (χ0) is 12.3. The van der Waals surface area contributed by atoms with E-state index in [2.05, 4.69) is 15.6 Å². The number of benzene rings is 1. The smallest absolute Gasteiger partial charge is 0.243 e. The van der Waals surface area contributed by atoms with Crippen LogP contribution < -0.4 is 15.6 Å². The maximum absolute atomic E-state index is 13.3. The minimum atomic E-state index is -3.77. The van der Waals surface area contributed by atoms with Crippen LogP contribution in [0.25, 0.3) is 0 Å². The molecule has 94 valence electrons. The molecule has 1 aromatic carbocycles. The van der Waals surface area contributed by atoms with Crippen molar-refractivity contribution in [3.05, 3.63) is 30.1 Å².